The Bertz CT molecular complexity index is 1330. The minimum absolute atomic E-state index is 0.143. The molecule has 2 heteroatoms. The van der Waals surface area contributed by atoms with Gasteiger partial charge in [-0.05, 0) is 83.8 Å². The first-order chi connectivity index (χ1) is 17.5. The molecule has 0 aliphatic rings. The standard InChI is InChI=1S/C34H32NS/c1-34(2,3)27-19-23-32(24-20-27)36(31-17-11-6-12-18-31)33-25-21-30(22-26-33)35(28-13-7-4-8-14-28)29-15-9-5-10-16-29/h4-26H,1-3H3/q+1. The van der Waals surface area contributed by atoms with Gasteiger partial charge in [0.2, 0.25) is 0 Å². The number of benzene rings is 5. The van der Waals surface area contributed by atoms with Crippen molar-refractivity contribution in [3.63, 3.8) is 0 Å². The lowest BCUT2D eigenvalue weighted by molar-refractivity contribution is 0.589. The summed E-state index contributed by atoms with van der Waals surface area (Å²) < 4.78 is 0. The summed E-state index contributed by atoms with van der Waals surface area (Å²) in [7, 11) is -0.179. The highest BCUT2D eigenvalue weighted by Crippen LogP contribution is 2.37. The molecule has 0 spiro atoms. The Kier molecular flexibility index (Phi) is 6.97. The lowest BCUT2D eigenvalue weighted by atomic mass is 9.87. The van der Waals surface area contributed by atoms with Crippen molar-refractivity contribution in [2.24, 2.45) is 0 Å². The smallest absolute Gasteiger partial charge is 0.166 e. The lowest BCUT2D eigenvalue weighted by Gasteiger charge is -2.25. The predicted molar refractivity (Wildman–Crippen MR) is 155 cm³/mol. The summed E-state index contributed by atoms with van der Waals surface area (Å²) in [5.74, 6) is 0. The summed E-state index contributed by atoms with van der Waals surface area (Å²) in [6, 6.07) is 50.3. The summed E-state index contributed by atoms with van der Waals surface area (Å²) in [5.41, 5.74) is 4.95. The van der Waals surface area contributed by atoms with E-state index in [2.05, 4.69) is 165 Å². The van der Waals surface area contributed by atoms with Gasteiger partial charge in [0, 0.05) is 17.1 Å². The summed E-state index contributed by atoms with van der Waals surface area (Å²) >= 11 is 0. The zero-order chi connectivity index (χ0) is 25.0. The molecule has 0 amide bonds. The van der Waals surface area contributed by atoms with Gasteiger partial charge >= 0.3 is 0 Å². The van der Waals surface area contributed by atoms with Gasteiger partial charge in [0.15, 0.2) is 14.7 Å². The molecule has 1 nitrogen and oxygen atoms in total. The normalized spacial score (nSPS) is 12.2. The van der Waals surface area contributed by atoms with Crippen LogP contribution in [0.3, 0.4) is 0 Å². The van der Waals surface area contributed by atoms with Crippen LogP contribution in [0.5, 0.6) is 0 Å². The molecule has 0 saturated heterocycles. The highest BCUT2D eigenvalue weighted by atomic mass is 32.2. The van der Waals surface area contributed by atoms with Gasteiger partial charge in [-0.15, -0.1) is 0 Å². The number of hydrogen-bond acceptors (Lipinski definition) is 1. The minimum Gasteiger partial charge on any atom is -0.311 e. The maximum Gasteiger partial charge on any atom is 0.166 e. The second-order valence-corrected chi connectivity index (χ2v) is 11.9. The van der Waals surface area contributed by atoms with Gasteiger partial charge in [-0.2, -0.15) is 0 Å². The van der Waals surface area contributed by atoms with Crippen LogP contribution in [0.2, 0.25) is 0 Å². The van der Waals surface area contributed by atoms with Crippen LogP contribution >= 0.6 is 0 Å². The average Bonchev–Trinajstić information content (AvgIpc) is 2.92. The van der Waals surface area contributed by atoms with Crippen LogP contribution in [-0.4, -0.2) is 0 Å². The van der Waals surface area contributed by atoms with Crippen LogP contribution < -0.4 is 4.90 Å². The number of rotatable bonds is 6. The lowest BCUT2D eigenvalue weighted by Crippen LogP contribution is -2.12. The number of para-hydroxylation sites is 2. The molecule has 178 valence electrons. The fraction of sp³-hybridized carbons (Fsp3) is 0.118. The Morgan fingerprint density at radius 2 is 0.778 bits per heavy atom. The van der Waals surface area contributed by atoms with Crippen LogP contribution in [0.1, 0.15) is 26.3 Å². The van der Waals surface area contributed by atoms with Crippen molar-refractivity contribution in [1.82, 2.24) is 0 Å². The van der Waals surface area contributed by atoms with E-state index in [0.29, 0.717) is 0 Å². The summed E-state index contributed by atoms with van der Waals surface area (Å²) in [6.07, 6.45) is 0. The van der Waals surface area contributed by atoms with Crippen molar-refractivity contribution < 1.29 is 0 Å². The van der Waals surface area contributed by atoms with Gasteiger partial charge in [0.25, 0.3) is 0 Å². The van der Waals surface area contributed by atoms with Crippen molar-refractivity contribution in [2.75, 3.05) is 4.90 Å². The Hall–Kier alpha value is -3.75. The van der Waals surface area contributed by atoms with Gasteiger partial charge in [0.1, 0.15) is 0 Å². The molecule has 0 radical (unpaired) electrons. The van der Waals surface area contributed by atoms with E-state index >= 15 is 0 Å². The largest absolute Gasteiger partial charge is 0.311 e. The first kappa shape index (κ1) is 24.0. The third-order valence-electron chi connectivity index (χ3n) is 6.29. The summed E-state index contributed by atoms with van der Waals surface area (Å²) in [4.78, 5) is 6.29. The number of nitrogens with zero attached hydrogens (tertiary/aromatic N) is 1. The first-order valence-corrected chi connectivity index (χ1v) is 13.6. The Balaban J connectivity index is 1.55. The fourth-order valence-corrected chi connectivity index (χ4v) is 6.45. The number of anilines is 3. The maximum absolute atomic E-state index is 2.31. The van der Waals surface area contributed by atoms with Crippen molar-refractivity contribution >= 4 is 28.0 Å². The third-order valence-corrected chi connectivity index (χ3v) is 8.53. The fourth-order valence-electron chi connectivity index (χ4n) is 4.39. The van der Waals surface area contributed by atoms with E-state index in [-0.39, 0.29) is 16.3 Å². The number of hydrogen-bond donors (Lipinski definition) is 0. The molecule has 36 heavy (non-hydrogen) atoms. The van der Waals surface area contributed by atoms with Gasteiger partial charge in [-0.25, -0.2) is 0 Å². The van der Waals surface area contributed by atoms with Crippen molar-refractivity contribution in [1.29, 1.82) is 0 Å². The molecule has 0 heterocycles. The zero-order valence-corrected chi connectivity index (χ0v) is 22.0. The average molecular weight is 487 g/mol. The van der Waals surface area contributed by atoms with Crippen molar-refractivity contribution in [3.8, 4) is 0 Å². The SMILES string of the molecule is CC(C)(C)c1ccc([S+](c2ccccc2)c2ccc(N(c3ccccc3)c3ccccc3)cc2)cc1. The van der Waals surface area contributed by atoms with E-state index in [1.54, 1.807) is 0 Å². The molecule has 1 atom stereocenters. The van der Waals surface area contributed by atoms with Gasteiger partial charge in [-0.3, -0.25) is 0 Å². The quantitative estimate of drug-likeness (QED) is 0.216. The van der Waals surface area contributed by atoms with E-state index < -0.39 is 0 Å². The molecule has 5 aromatic carbocycles. The Morgan fingerprint density at radius 1 is 0.417 bits per heavy atom. The van der Waals surface area contributed by atoms with E-state index in [4.69, 9.17) is 0 Å². The topological polar surface area (TPSA) is 3.24 Å². The second kappa shape index (κ2) is 10.5. The molecule has 5 aromatic rings. The molecule has 1 unspecified atom stereocenters. The predicted octanol–water partition coefficient (Wildman–Crippen LogP) is 9.55. The van der Waals surface area contributed by atoms with E-state index in [9.17, 15) is 0 Å². The van der Waals surface area contributed by atoms with Crippen LogP contribution in [0.25, 0.3) is 0 Å². The molecule has 0 aromatic heterocycles. The van der Waals surface area contributed by atoms with Gasteiger partial charge in [-0.1, -0.05) is 87.5 Å². The van der Waals surface area contributed by atoms with E-state index in [1.807, 2.05) is 0 Å². The molecule has 5 rings (SSSR count). The molecule has 0 fully saturated rings. The molecule has 0 saturated carbocycles. The van der Waals surface area contributed by atoms with Gasteiger partial charge in [0.05, 0.1) is 10.9 Å². The van der Waals surface area contributed by atoms with Crippen LogP contribution in [-0.2, 0) is 16.3 Å². The highest BCUT2D eigenvalue weighted by molar-refractivity contribution is 7.97. The molecular weight excluding hydrogens is 454 g/mol. The zero-order valence-electron chi connectivity index (χ0n) is 21.1. The summed E-state index contributed by atoms with van der Waals surface area (Å²) in [5, 5.41) is 0. The molecule has 0 aliphatic heterocycles. The summed E-state index contributed by atoms with van der Waals surface area (Å²) in [6.45, 7) is 6.80. The Morgan fingerprint density at radius 3 is 1.22 bits per heavy atom. The first-order valence-electron chi connectivity index (χ1n) is 12.4. The van der Waals surface area contributed by atoms with Gasteiger partial charge < -0.3 is 4.90 Å². The van der Waals surface area contributed by atoms with Crippen LogP contribution in [0, 0.1) is 0 Å². The van der Waals surface area contributed by atoms with E-state index in [0.717, 1.165) is 17.1 Å². The Labute approximate surface area is 218 Å². The van der Waals surface area contributed by atoms with Crippen LogP contribution in [0.4, 0.5) is 17.1 Å². The molecular formula is C34H32NS+. The highest BCUT2D eigenvalue weighted by Gasteiger charge is 2.29. The van der Waals surface area contributed by atoms with Crippen LogP contribution in [0.15, 0.2) is 154 Å². The van der Waals surface area contributed by atoms with Crippen molar-refractivity contribution in [3.05, 3.63) is 145 Å². The monoisotopic (exact) mass is 486 g/mol. The third kappa shape index (κ3) is 5.24. The minimum atomic E-state index is -0.179. The van der Waals surface area contributed by atoms with Crippen molar-refractivity contribution in [2.45, 2.75) is 40.9 Å². The molecule has 0 aliphatic carbocycles. The van der Waals surface area contributed by atoms with E-state index in [1.165, 1.54) is 20.2 Å². The maximum atomic E-state index is 2.31. The second-order valence-electron chi connectivity index (χ2n) is 9.89. The molecule has 0 bridgehead atoms. The molecule has 0 N–H and O–H groups in total.